The molecule has 0 N–H and O–H groups in total. The second kappa shape index (κ2) is 8.86. The second-order valence-electron chi connectivity index (χ2n) is 6.73. The van der Waals surface area contributed by atoms with Crippen molar-refractivity contribution >= 4 is 16.2 Å². The summed E-state index contributed by atoms with van der Waals surface area (Å²) in [5.41, 5.74) is 0. The Balaban J connectivity index is 2.72. The molecule has 0 amide bonds. The highest BCUT2D eigenvalue weighted by Gasteiger charge is 2.41. The molecule has 0 aliphatic heterocycles. The largest absolute Gasteiger partial charge is 0.462 e. The third-order valence-electron chi connectivity index (χ3n) is 5.09. The summed E-state index contributed by atoms with van der Waals surface area (Å²) in [7, 11) is 0.925. The van der Waals surface area contributed by atoms with Crippen LogP contribution in [0.15, 0.2) is 0 Å². The standard InChI is InChI=1S/C17H34O2Si/c1-4-10-14(6-3)17(20,13-5-2)16(18)19-15-11-8-7-9-12-15/h14-15H,4-13H2,1-3,20H3. The summed E-state index contributed by atoms with van der Waals surface area (Å²) < 4.78 is 5.93. The zero-order valence-corrected chi connectivity index (χ0v) is 16.0. The third-order valence-corrected chi connectivity index (χ3v) is 6.82. The summed E-state index contributed by atoms with van der Waals surface area (Å²) in [6.45, 7) is 6.65. The van der Waals surface area contributed by atoms with Gasteiger partial charge in [0.1, 0.15) is 6.10 Å². The Morgan fingerprint density at radius 1 is 1.20 bits per heavy atom. The van der Waals surface area contributed by atoms with E-state index in [0.717, 1.165) is 42.3 Å². The number of carbonyl (C=O) groups excluding carboxylic acids is 1. The molecule has 2 atom stereocenters. The normalized spacial score (nSPS) is 21.4. The average molecular weight is 299 g/mol. The van der Waals surface area contributed by atoms with Crippen molar-refractivity contribution in [1.82, 2.24) is 0 Å². The number of ether oxygens (including phenoxy) is 1. The summed E-state index contributed by atoms with van der Waals surface area (Å²) in [4.78, 5) is 12.8. The molecule has 1 aliphatic rings. The van der Waals surface area contributed by atoms with Gasteiger partial charge in [0.25, 0.3) is 0 Å². The van der Waals surface area contributed by atoms with Crippen LogP contribution in [0.4, 0.5) is 0 Å². The zero-order chi connectivity index (χ0) is 15.0. The van der Waals surface area contributed by atoms with Gasteiger partial charge in [-0.15, -0.1) is 0 Å². The monoisotopic (exact) mass is 298 g/mol. The number of rotatable bonds is 8. The van der Waals surface area contributed by atoms with E-state index in [1.165, 1.54) is 32.1 Å². The van der Waals surface area contributed by atoms with Gasteiger partial charge >= 0.3 is 5.97 Å². The van der Waals surface area contributed by atoms with Crippen molar-refractivity contribution in [3.63, 3.8) is 0 Å². The minimum Gasteiger partial charge on any atom is -0.462 e. The van der Waals surface area contributed by atoms with Crippen LogP contribution in [-0.2, 0) is 9.53 Å². The van der Waals surface area contributed by atoms with Gasteiger partial charge < -0.3 is 4.74 Å². The molecule has 0 spiro atoms. The third kappa shape index (κ3) is 4.61. The van der Waals surface area contributed by atoms with Crippen molar-refractivity contribution in [3.05, 3.63) is 0 Å². The molecule has 0 radical (unpaired) electrons. The SMILES string of the molecule is CCCC(CC)C([SiH3])(CCC)C(=O)OC1CCCCC1. The second-order valence-corrected chi connectivity index (χ2v) is 8.51. The minimum atomic E-state index is -0.142. The smallest absolute Gasteiger partial charge is 0.308 e. The molecule has 20 heavy (non-hydrogen) atoms. The molecule has 0 heterocycles. The van der Waals surface area contributed by atoms with Crippen LogP contribution in [0.25, 0.3) is 0 Å². The molecule has 1 fully saturated rings. The predicted octanol–water partition coefficient (Wildman–Crippen LogP) is 4.01. The Kier molecular flexibility index (Phi) is 7.86. The topological polar surface area (TPSA) is 26.3 Å². The molecule has 0 aromatic carbocycles. The molecule has 3 heteroatoms. The molecule has 1 aliphatic carbocycles. The molecular formula is C17H34O2Si. The lowest BCUT2D eigenvalue weighted by molar-refractivity contribution is -0.156. The maximum absolute atomic E-state index is 12.8. The van der Waals surface area contributed by atoms with E-state index in [2.05, 4.69) is 20.8 Å². The molecule has 0 saturated heterocycles. The molecule has 0 aromatic heterocycles. The Morgan fingerprint density at radius 2 is 1.85 bits per heavy atom. The van der Waals surface area contributed by atoms with Crippen LogP contribution in [0.5, 0.6) is 0 Å². The number of hydrogen-bond donors (Lipinski definition) is 0. The van der Waals surface area contributed by atoms with Crippen LogP contribution in [0.1, 0.15) is 85.0 Å². The minimum absolute atomic E-state index is 0.137. The molecule has 2 nitrogen and oxygen atoms in total. The van der Waals surface area contributed by atoms with Crippen molar-refractivity contribution in [2.75, 3.05) is 0 Å². The van der Waals surface area contributed by atoms with Gasteiger partial charge in [-0.1, -0.05) is 46.5 Å². The van der Waals surface area contributed by atoms with Gasteiger partial charge in [0.2, 0.25) is 0 Å². The molecular weight excluding hydrogens is 264 g/mol. The molecule has 0 bridgehead atoms. The van der Waals surface area contributed by atoms with Crippen LogP contribution >= 0.6 is 0 Å². The van der Waals surface area contributed by atoms with E-state index in [9.17, 15) is 4.79 Å². The first-order valence-electron chi connectivity index (χ1n) is 8.79. The van der Waals surface area contributed by atoms with Gasteiger partial charge in [-0.05, 0) is 44.4 Å². The summed E-state index contributed by atoms with van der Waals surface area (Å²) in [6.07, 6.45) is 11.7. The summed E-state index contributed by atoms with van der Waals surface area (Å²) >= 11 is 0. The van der Waals surface area contributed by atoms with Gasteiger partial charge in [-0.2, -0.15) is 0 Å². The fourth-order valence-corrected chi connectivity index (χ4v) is 5.10. The van der Waals surface area contributed by atoms with Gasteiger partial charge in [0, 0.05) is 10.2 Å². The van der Waals surface area contributed by atoms with E-state index < -0.39 is 0 Å². The molecule has 2 unspecified atom stereocenters. The lowest BCUT2D eigenvalue weighted by Crippen LogP contribution is -2.36. The van der Waals surface area contributed by atoms with Crippen molar-refractivity contribution < 1.29 is 9.53 Å². The Labute approximate surface area is 128 Å². The average Bonchev–Trinajstić information content (AvgIpc) is 2.45. The lowest BCUT2D eigenvalue weighted by Gasteiger charge is -2.37. The quantitative estimate of drug-likeness (QED) is 0.500. The van der Waals surface area contributed by atoms with E-state index in [4.69, 9.17) is 4.74 Å². The Bertz CT molecular complexity index is 287. The van der Waals surface area contributed by atoms with Crippen LogP contribution < -0.4 is 0 Å². The van der Waals surface area contributed by atoms with E-state index in [1.807, 2.05) is 0 Å². The maximum atomic E-state index is 12.8. The molecule has 1 rings (SSSR count). The van der Waals surface area contributed by atoms with Gasteiger partial charge in [0.05, 0.1) is 5.04 Å². The predicted molar refractivity (Wildman–Crippen MR) is 89.2 cm³/mol. The van der Waals surface area contributed by atoms with Crippen LogP contribution in [0, 0.1) is 5.92 Å². The molecule has 118 valence electrons. The lowest BCUT2D eigenvalue weighted by atomic mass is 9.82. The van der Waals surface area contributed by atoms with E-state index in [0.29, 0.717) is 5.92 Å². The summed E-state index contributed by atoms with van der Waals surface area (Å²) in [6, 6.07) is 0. The fourth-order valence-electron chi connectivity index (χ4n) is 3.78. The van der Waals surface area contributed by atoms with Gasteiger partial charge in [0.15, 0.2) is 0 Å². The van der Waals surface area contributed by atoms with E-state index in [-0.39, 0.29) is 17.1 Å². The van der Waals surface area contributed by atoms with Gasteiger partial charge in [-0.3, -0.25) is 4.79 Å². The zero-order valence-electron chi connectivity index (χ0n) is 14.0. The van der Waals surface area contributed by atoms with Crippen LogP contribution in [0.2, 0.25) is 5.04 Å². The summed E-state index contributed by atoms with van der Waals surface area (Å²) in [5, 5.41) is -0.142. The van der Waals surface area contributed by atoms with Crippen molar-refractivity contribution in [2.45, 2.75) is 96.1 Å². The summed E-state index contributed by atoms with van der Waals surface area (Å²) in [5.74, 6) is 0.661. The molecule has 0 aromatic rings. The van der Waals surface area contributed by atoms with Gasteiger partial charge in [-0.25, -0.2) is 0 Å². The maximum Gasteiger partial charge on any atom is 0.308 e. The highest BCUT2D eigenvalue weighted by atomic mass is 28.1. The number of esters is 1. The van der Waals surface area contributed by atoms with Crippen LogP contribution in [0.3, 0.4) is 0 Å². The highest BCUT2D eigenvalue weighted by Crippen LogP contribution is 2.44. The van der Waals surface area contributed by atoms with Crippen molar-refractivity contribution in [3.8, 4) is 0 Å². The fraction of sp³-hybridized carbons (Fsp3) is 0.941. The Hall–Kier alpha value is -0.313. The highest BCUT2D eigenvalue weighted by molar-refractivity contribution is 6.27. The number of hydrogen-bond acceptors (Lipinski definition) is 2. The Morgan fingerprint density at radius 3 is 2.35 bits per heavy atom. The van der Waals surface area contributed by atoms with E-state index in [1.54, 1.807) is 0 Å². The first-order chi connectivity index (χ1) is 9.58. The van der Waals surface area contributed by atoms with Crippen LogP contribution in [-0.4, -0.2) is 22.3 Å². The van der Waals surface area contributed by atoms with Crippen molar-refractivity contribution in [2.24, 2.45) is 5.92 Å². The first kappa shape index (κ1) is 17.7. The van der Waals surface area contributed by atoms with Crippen molar-refractivity contribution in [1.29, 1.82) is 0 Å². The first-order valence-corrected chi connectivity index (χ1v) is 9.79. The number of carbonyl (C=O) groups is 1. The van der Waals surface area contributed by atoms with E-state index >= 15 is 0 Å². The molecule has 1 saturated carbocycles.